The zero-order chi connectivity index (χ0) is 11.4. The maximum Gasteiger partial charge on any atom is 0.0632 e. The predicted octanol–water partition coefficient (Wildman–Crippen LogP) is 1.82. The van der Waals surface area contributed by atoms with Crippen molar-refractivity contribution in [1.82, 2.24) is 9.88 Å². The zero-order valence-electron chi connectivity index (χ0n) is 9.89. The number of rotatable bonds is 2. The highest BCUT2D eigenvalue weighted by atomic mass is 16.3. The molecule has 1 aliphatic rings. The van der Waals surface area contributed by atoms with E-state index in [4.69, 9.17) is 0 Å². The van der Waals surface area contributed by atoms with E-state index < -0.39 is 5.60 Å². The topological polar surface area (TPSA) is 36.4 Å². The van der Waals surface area contributed by atoms with Crippen LogP contribution in [-0.4, -0.2) is 33.7 Å². The van der Waals surface area contributed by atoms with Gasteiger partial charge in [0, 0.05) is 25.5 Å². The van der Waals surface area contributed by atoms with E-state index in [9.17, 15) is 5.11 Å². The lowest BCUT2D eigenvalue weighted by Gasteiger charge is -2.22. The van der Waals surface area contributed by atoms with E-state index in [1.54, 1.807) is 6.20 Å². The van der Waals surface area contributed by atoms with E-state index >= 15 is 0 Å². The summed E-state index contributed by atoms with van der Waals surface area (Å²) in [5.74, 6) is 0. The minimum Gasteiger partial charge on any atom is -0.390 e. The maximum absolute atomic E-state index is 10.00. The smallest absolute Gasteiger partial charge is 0.0632 e. The maximum atomic E-state index is 10.00. The monoisotopic (exact) mass is 220 g/mol. The lowest BCUT2D eigenvalue weighted by atomic mass is 9.98. The third-order valence-corrected chi connectivity index (χ3v) is 3.29. The third kappa shape index (κ3) is 3.29. The number of nitrogens with zero attached hydrogens (tertiary/aromatic N) is 2. The molecule has 0 aromatic carbocycles. The van der Waals surface area contributed by atoms with E-state index in [2.05, 4.69) is 16.0 Å². The summed E-state index contributed by atoms with van der Waals surface area (Å²) in [6.45, 7) is 4.94. The molecule has 1 unspecified atom stereocenters. The second-order valence-electron chi connectivity index (χ2n) is 4.99. The van der Waals surface area contributed by atoms with Crippen LogP contribution in [0.3, 0.4) is 0 Å². The fourth-order valence-corrected chi connectivity index (χ4v) is 2.23. The molecule has 88 valence electrons. The van der Waals surface area contributed by atoms with E-state index in [0.29, 0.717) is 0 Å². The minimum absolute atomic E-state index is 0.469. The Morgan fingerprint density at radius 3 is 3.06 bits per heavy atom. The van der Waals surface area contributed by atoms with Gasteiger partial charge in [0.1, 0.15) is 0 Å². The number of pyridine rings is 1. The summed E-state index contributed by atoms with van der Waals surface area (Å²) in [4.78, 5) is 6.53. The van der Waals surface area contributed by atoms with Gasteiger partial charge < -0.3 is 5.11 Å². The summed E-state index contributed by atoms with van der Waals surface area (Å²) in [6.07, 6.45) is 6.58. The van der Waals surface area contributed by atoms with Crippen LogP contribution in [0.4, 0.5) is 0 Å². The first-order valence-electron chi connectivity index (χ1n) is 5.99. The van der Waals surface area contributed by atoms with Crippen LogP contribution >= 0.6 is 0 Å². The van der Waals surface area contributed by atoms with Crippen LogP contribution in [0.5, 0.6) is 0 Å². The Balaban J connectivity index is 1.92. The molecule has 1 saturated heterocycles. The van der Waals surface area contributed by atoms with Crippen molar-refractivity contribution >= 4 is 0 Å². The van der Waals surface area contributed by atoms with E-state index in [1.165, 1.54) is 5.56 Å². The Labute approximate surface area is 97.1 Å². The molecule has 0 spiro atoms. The van der Waals surface area contributed by atoms with Gasteiger partial charge in [0.2, 0.25) is 0 Å². The number of hydrogen-bond donors (Lipinski definition) is 1. The van der Waals surface area contributed by atoms with E-state index in [1.807, 2.05) is 19.2 Å². The molecular formula is C13H20N2O. The molecule has 0 aliphatic carbocycles. The first kappa shape index (κ1) is 11.6. The second kappa shape index (κ2) is 4.93. The largest absolute Gasteiger partial charge is 0.390 e. The number of hydrogen-bond acceptors (Lipinski definition) is 3. The van der Waals surface area contributed by atoms with Crippen molar-refractivity contribution in [3.63, 3.8) is 0 Å². The van der Waals surface area contributed by atoms with Gasteiger partial charge >= 0.3 is 0 Å². The molecule has 1 aromatic rings. The number of aliphatic hydroxyl groups is 1. The molecule has 0 radical (unpaired) electrons. The van der Waals surface area contributed by atoms with Crippen molar-refractivity contribution < 1.29 is 5.11 Å². The molecule has 2 rings (SSSR count). The van der Waals surface area contributed by atoms with Crippen molar-refractivity contribution in [3.8, 4) is 0 Å². The van der Waals surface area contributed by atoms with Gasteiger partial charge in [-0.05, 0) is 44.4 Å². The summed E-state index contributed by atoms with van der Waals surface area (Å²) in [5.41, 5.74) is 0.785. The molecule has 1 fully saturated rings. The van der Waals surface area contributed by atoms with Crippen molar-refractivity contribution in [3.05, 3.63) is 30.1 Å². The molecule has 0 bridgehead atoms. The van der Waals surface area contributed by atoms with Gasteiger partial charge in [0.15, 0.2) is 0 Å². The summed E-state index contributed by atoms with van der Waals surface area (Å²) in [7, 11) is 0. The fourth-order valence-electron chi connectivity index (χ4n) is 2.23. The second-order valence-corrected chi connectivity index (χ2v) is 4.99. The molecule has 1 aromatic heterocycles. The molecular weight excluding hydrogens is 200 g/mol. The Bertz CT molecular complexity index is 324. The highest BCUT2D eigenvalue weighted by Crippen LogP contribution is 2.22. The zero-order valence-corrected chi connectivity index (χ0v) is 9.89. The van der Waals surface area contributed by atoms with Crippen molar-refractivity contribution in [2.75, 3.05) is 13.1 Å². The van der Waals surface area contributed by atoms with Crippen molar-refractivity contribution in [1.29, 1.82) is 0 Å². The first-order chi connectivity index (χ1) is 7.66. The minimum atomic E-state index is -0.469. The summed E-state index contributed by atoms with van der Waals surface area (Å²) < 4.78 is 0. The predicted molar refractivity (Wildman–Crippen MR) is 64.0 cm³/mol. The van der Waals surface area contributed by atoms with Crippen LogP contribution < -0.4 is 0 Å². The number of aromatic nitrogens is 1. The molecule has 0 saturated carbocycles. The Kier molecular flexibility index (Phi) is 3.56. The molecule has 3 nitrogen and oxygen atoms in total. The van der Waals surface area contributed by atoms with Crippen LogP contribution in [-0.2, 0) is 6.54 Å². The van der Waals surface area contributed by atoms with Gasteiger partial charge in [-0.3, -0.25) is 9.88 Å². The van der Waals surface area contributed by atoms with Gasteiger partial charge in [-0.15, -0.1) is 0 Å². The molecule has 1 aliphatic heterocycles. The summed E-state index contributed by atoms with van der Waals surface area (Å²) >= 11 is 0. The van der Waals surface area contributed by atoms with Gasteiger partial charge in [0.05, 0.1) is 5.60 Å². The quantitative estimate of drug-likeness (QED) is 0.826. The van der Waals surface area contributed by atoms with Gasteiger partial charge in [0.25, 0.3) is 0 Å². The number of likely N-dealkylation sites (tertiary alicyclic amines) is 1. The van der Waals surface area contributed by atoms with Crippen LogP contribution in [0.2, 0.25) is 0 Å². The lowest BCUT2D eigenvalue weighted by Crippen LogP contribution is -2.28. The van der Waals surface area contributed by atoms with Crippen LogP contribution in [0.25, 0.3) is 0 Å². The van der Waals surface area contributed by atoms with E-state index in [-0.39, 0.29) is 0 Å². The van der Waals surface area contributed by atoms with Crippen molar-refractivity contribution in [2.24, 2.45) is 0 Å². The Morgan fingerprint density at radius 1 is 1.44 bits per heavy atom. The highest BCUT2D eigenvalue weighted by Gasteiger charge is 2.24. The van der Waals surface area contributed by atoms with Gasteiger partial charge in [-0.25, -0.2) is 0 Å². The average molecular weight is 220 g/mol. The molecule has 16 heavy (non-hydrogen) atoms. The first-order valence-corrected chi connectivity index (χ1v) is 5.99. The summed E-state index contributed by atoms with van der Waals surface area (Å²) in [6, 6.07) is 4.08. The molecule has 2 heterocycles. The van der Waals surface area contributed by atoms with Crippen LogP contribution in [0.1, 0.15) is 31.7 Å². The molecule has 1 atom stereocenters. The molecule has 1 N–H and O–H groups in total. The lowest BCUT2D eigenvalue weighted by molar-refractivity contribution is 0.0444. The van der Waals surface area contributed by atoms with Gasteiger partial charge in [-0.1, -0.05) is 6.07 Å². The van der Waals surface area contributed by atoms with Crippen LogP contribution in [0, 0.1) is 0 Å². The molecule has 3 heteroatoms. The summed E-state index contributed by atoms with van der Waals surface area (Å²) in [5, 5.41) is 10.00. The van der Waals surface area contributed by atoms with Gasteiger partial charge in [-0.2, -0.15) is 0 Å². The average Bonchev–Trinajstić information content (AvgIpc) is 2.42. The van der Waals surface area contributed by atoms with Crippen molar-refractivity contribution in [2.45, 2.75) is 38.3 Å². The fraction of sp³-hybridized carbons (Fsp3) is 0.615. The van der Waals surface area contributed by atoms with E-state index in [0.717, 1.165) is 38.9 Å². The van der Waals surface area contributed by atoms with Crippen LogP contribution in [0.15, 0.2) is 24.5 Å². The normalized spacial score (nSPS) is 27.6. The Morgan fingerprint density at radius 2 is 2.31 bits per heavy atom. The standard InChI is InChI=1S/C13H20N2O/c1-13(16)5-3-8-15(9-6-13)11-12-4-2-7-14-10-12/h2,4,7,10,16H,3,5-6,8-9,11H2,1H3. The SMILES string of the molecule is CC1(O)CCCN(Cc2cccnc2)CC1. The Hall–Kier alpha value is -0.930. The molecule has 0 amide bonds. The third-order valence-electron chi connectivity index (χ3n) is 3.29. The highest BCUT2D eigenvalue weighted by molar-refractivity contribution is 5.08.